The van der Waals surface area contributed by atoms with Gasteiger partial charge < -0.3 is 10.5 Å². The van der Waals surface area contributed by atoms with Crippen molar-refractivity contribution < 1.29 is 17.5 Å². The molecule has 1 aliphatic rings. The van der Waals surface area contributed by atoms with Crippen LogP contribution in [0.15, 0.2) is 59.5 Å². The minimum Gasteiger partial charge on any atom is -0.384 e. The van der Waals surface area contributed by atoms with Crippen LogP contribution in [-0.2, 0) is 14.6 Å². The van der Waals surface area contributed by atoms with Crippen LogP contribution in [-0.4, -0.2) is 33.9 Å². The number of nitrogens with two attached hydrogens (primary N) is 1. The van der Waals surface area contributed by atoms with Crippen LogP contribution in [0, 0.1) is 11.2 Å². The number of ether oxygens (including phenoxy) is 1. The topological polar surface area (TPSA) is 69.4 Å². The second-order valence-corrected chi connectivity index (χ2v) is 8.25. The van der Waals surface area contributed by atoms with E-state index in [2.05, 4.69) is 0 Å². The van der Waals surface area contributed by atoms with Gasteiger partial charge >= 0.3 is 0 Å². The lowest BCUT2D eigenvalue weighted by Crippen LogP contribution is -2.28. The molecule has 0 unspecified atom stereocenters. The quantitative estimate of drug-likeness (QED) is 0.869. The Labute approximate surface area is 141 Å². The Morgan fingerprint density at radius 1 is 1.17 bits per heavy atom. The van der Waals surface area contributed by atoms with E-state index in [1.807, 2.05) is 0 Å². The number of sulfone groups is 1. The average molecular weight is 349 g/mol. The summed E-state index contributed by atoms with van der Waals surface area (Å²) in [7, 11) is -2.08. The fraction of sp³-hybridized carbons (Fsp3) is 0.333. The molecule has 3 rings (SSSR count). The highest BCUT2D eigenvalue weighted by Crippen LogP contribution is 2.63. The Kier molecular flexibility index (Phi) is 4.46. The summed E-state index contributed by atoms with van der Waals surface area (Å²) in [6.07, 6.45) is 0. The molecule has 3 atom stereocenters. The van der Waals surface area contributed by atoms with Crippen molar-refractivity contribution in [2.24, 2.45) is 11.1 Å². The van der Waals surface area contributed by atoms with E-state index in [0.717, 1.165) is 0 Å². The van der Waals surface area contributed by atoms with Gasteiger partial charge in [-0.1, -0.05) is 30.3 Å². The van der Waals surface area contributed by atoms with Crippen LogP contribution in [0.1, 0.15) is 11.5 Å². The highest BCUT2D eigenvalue weighted by molar-refractivity contribution is 7.92. The standard InChI is InChI=1S/C18H20FNO3S/c1-23-12-18(11-20)16(13-6-5-7-14(19)10-13)17(18)24(21,22)15-8-3-2-4-9-15/h2-10,16-17H,11-12,20H2,1H3/t16-,17-,18+/m0/s1. The number of methoxy groups -OCH3 is 1. The summed E-state index contributed by atoms with van der Waals surface area (Å²) >= 11 is 0. The van der Waals surface area contributed by atoms with Crippen LogP contribution >= 0.6 is 0 Å². The summed E-state index contributed by atoms with van der Waals surface area (Å²) in [6, 6.07) is 14.3. The Balaban J connectivity index is 2.07. The van der Waals surface area contributed by atoms with Crippen molar-refractivity contribution in [2.75, 3.05) is 20.3 Å². The minimum absolute atomic E-state index is 0.152. The molecule has 128 valence electrons. The monoisotopic (exact) mass is 349 g/mol. The maximum absolute atomic E-state index is 13.6. The average Bonchev–Trinajstić information content (AvgIpc) is 3.26. The first-order valence-electron chi connectivity index (χ1n) is 7.71. The Morgan fingerprint density at radius 3 is 2.46 bits per heavy atom. The summed E-state index contributed by atoms with van der Waals surface area (Å²) in [5.41, 5.74) is 5.85. The normalized spacial score (nSPS) is 26.3. The molecule has 0 amide bonds. The number of hydrogen-bond acceptors (Lipinski definition) is 4. The molecule has 4 nitrogen and oxygen atoms in total. The van der Waals surface area contributed by atoms with Crippen molar-refractivity contribution in [1.29, 1.82) is 0 Å². The maximum Gasteiger partial charge on any atom is 0.182 e. The summed E-state index contributed by atoms with van der Waals surface area (Å²) in [5.74, 6) is -0.776. The van der Waals surface area contributed by atoms with E-state index in [4.69, 9.17) is 10.5 Å². The molecule has 2 N–H and O–H groups in total. The van der Waals surface area contributed by atoms with Crippen LogP contribution in [0.5, 0.6) is 0 Å². The molecule has 0 saturated heterocycles. The molecule has 1 aliphatic carbocycles. The Hall–Kier alpha value is -1.76. The fourth-order valence-corrected chi connectivity index (χ4v) is 6.11. The van der Waals surface area contributed by atoms with Gasteiger partial charge in [-0.2, -0.15) is 0 Å². The van der Waals surface area contributed by atoms with Gasteiger partial charge in [0.2, 0.25) is 0 Å². The van der Waals surface area contributed by atoms with E-state index in [1.54, 1.807) is 42.5 Å². The van der Waals surface area contributed by atoms with Crippen LogP contribution in [0.2, 0.25) is 0 Å². The van der Waals surface area contributed by atoms with E-state index in [-0.39, 0.29) is 24.0 Å². The molecule has 0 heterocycles. The first-order chi connectivity index (χ1) is 11.5. The van der Waals surface area contributed by atoms with Crippen molar-refractivity contribution in [1.82, 2.24) is 0 Å². The molecule has 0 radical (unpaired) electrons. The molecule has 1 fully saturated rings. The second-order valence-electron chi connectivity index (χ2n) is 6.18. The second kappa shape index (κ2) is 6.27. The van der Waals surface area contributed by atoms with Gasteiger partial charge in [-0.3, -0.25) is 0 Å². The van der Waals surface area contributed by atoms with Crippen molar-refractivity contribution >= 4 is 9.84 Å². The van der Waals surface area contributed by atoms with E-state index in [9.17, 15) is 12.8 Å². The van der Waals surface area contributed by atoms with Gasteiger partial charge in [0.25, 0.3) is 0 Å². The SMILES string of the molecule is COC[C@]1(CN)[C@@H](c2cccc(F)c2)[C@@H]1S(=O)(=O)c1ccccc1. The van der Waals surface area contributed by atoms with Gasteiger partial charge in [0.1, 0.15) is 5.82 Å². The molecule has 0 bridgehead atoms. The van der Waals surface area contributed by atoms with Crippen molar-refractivity contribution in [3.05, 3.63) is 66.0 Å². The zero-order chi connectivity index (χ0) is 17.4. The molecular formula is C18H20FNO3S. The Bertz CT molecular complexity index is 825. The smallest absolute Gasteiger partial charge is 0.182 e. The van der Waals surface area contributed by atoms with Crippen LogP contribution in [0.25, 0.3) is 0 Å². The zero-order valence-electron chi connectivity index (χ0n) is 13.4. The number of rotatable bonds is 6. The summed E-state index contributed by atoms with van der Waals surface area (Å²) < 4.78 is 45.1. The molecule has 1 saturated carbocycles. The highest BCUT2D eigenvalue weighted by atomic mass is 32.2. The van der Waals surface area contributed by atoms with Gasteiger partial charge in [-0.05, 0) is 29.8 Å². The number of hydrogen-bond donors (Lipinski definition) is 1. The predicted octanol–water partition coefficient (Wildman–Crippen LogP) is 2.36. The van der Waals surface area contributed by atoms with Crippen molar-refractivity contribution in [3.63, 3.8) is 0 Å². The van der Waals surface area contributed by atoms with Crippen LogP contribution in [0.4, 0.5) is 4.39 Å². The molecule has 24 heavy (non-hydrogen) atoms. The molecule has 6 heteroatoms. The van der Waals surface area contributed by atoms with E-state index >= 15 is 0 Å². The third kappa shape index (κ3) is 2.64. The van der Waals surface area contributed by atoms with Crippen LogP contribution in [0.3, 0.4) is 0 Å². The molecule has 2 aromatic carbocycles. The first kappa shape index (κ1) is 17.1. The van der Waals surface area contributed by atoms with Gasteiger partial charge in [0.15, 0.2) is 9.84 Å². The number of benzene rings is 2. The number of halogens is 1. The van der Waals surface area contributed by atoms with Gasteiger partial charge in [-0.25, -0.2) is 12.8 Å². The lowest BCUT2D eigenvalue weighted by atomic mass is 10.00. The Morgan fingerprint density at radius 2 is 1.88 bits per heavy atom. The third-order valence-corrected chi connectivity index (χ3v) is 7.13. The molecule has 2 aromatic rings. The fourth-order valence-electron chi connectivity index (χ4n) is 3.65. The van der Waals surface area contributed by atoms with Crippen molar-refractivity contribution in [2.45, 2.75) is 16.1 Å². The van der Waals surface area contributed by atoms with E-state index in [0.29, 0.717) is 5.56 Å². The third-order valence-electron chi connectivity index (χ3n) is 4.79. The lowest BCUT2D eigenvalue weighted by Gasteiger charge is -2.14. The molecule has 0 aliphatic heterocycles. The zero-order valence-corrected chi connectivity index (χ0v) is 14.2. The largest absolute Gasteiger partial charge is 0.384 e. The van der Waals surface area contributed by atoms with E-state index < -0.39 is 26.3 Å². The van der Waals surface area contributed by atoms with Gasteiger partial charge in [0, 0.05) is 25.0 Å². The minimum atomic E-state index is -3.60. The molecule has 0 spiro atoms. The lowest BCUT2D eigenvalue weighted by molar-refractivity contribution is 0.142. The highest BCUT2D eigenvalue weighted by Gasteiger charge is 2.70. The maximum atomic E-state index is 13.6. The summed E-state index contributed by atoms with van der Waals surface area (Å²) in [5, 5.41) is -0.723. The predicted molar refractivity (Wildman–Crippen MR) is 89.9 cm³/mol. The van der Waals surface area contributed by atoms with E-state index in [1.165, 1.54) is 19.2 Å². The van der Waals surface area contributed by atoms with Crippen LogP contribution < -0.4 is 5.73 Å². The van der Waals surface area contributed by atoms with Gasteiger partial charge in [-0.15, -0.1) is 0 Å². The molecule has 0 aromatic heterocycles. The van der Waals surface area contributed by atoms with Gasteiger partial charge in [0.05, 0.1) is 16.8 Å². The summed E-state index contributed by atoms with van der Waals surface area (Å²) in [6.45, 7) is 0.361. The van der Waals surface area contributed by atoms with Crippen molar-refractivity contribution in [3.8, 4) is 0 Å². The first-order valence-corrected chi connectivity index (χ1v) is 9.25. The molecular weight excluding hydrogens is 329 g/mol. The summed E-state index contributed by atoms with van der Waals surface area (Å²) in [4.78, 5) is 0.253.